The summed E-state index contributed by atoms with van der Waals surface area (Å²) >= 11 is 0. The molecule has 2 rings (SSSR count). The molecule has 0 bridgehead atoms. The molecule has 6 nitrogen and oxygen atoms in total. The lowest BCUT2D eigenvalue weighted by atomic mass is 10.3. The van der Waals surface area contributed by atoms with Crippen LogP contribution in [-0.2, 0) is 4.79 Å². The highest BCUT2D eigenvalue weighted by Gasteiger charge is 2.07. The van der Waals surface area contributed by atoms with Gasteiger partial charge in [0.1, 0.15) is 5.69 Å². The van der Waals surface area contributed by atoms with Crippen LogP contribution in [-0.4, -0.2) is 39.8 Å². The molecule has 0 atom stereocenters. The average molecular weight is 246 g/mol. The Morgan fingerprint density at radius 3 is 2.78 bits per heavy atom. The lowest BCUT2D eigenvalue weighted by Crippen LogP contribution is -2.22. The maximum absolute atomic E-state index is 10.5. The van der Waals surface area contributed by atoms with Crippen LogP contribution in [0.2, 0.25) is 0 Å². The number of carbonyl (C=O) groups is 1. The number of hydrogen-bond acceptors (Lipinski definition) is 4. The van der Waals surface area contributed by atoms with Gasteiger partial charge < -0.3 is 15.0 Å². The lowest BCUT2D eigenvalue weighted by molar-refractivity contribution is -0.136. The van der Waals surface area contributed by atoms with Crippen molar-refractivity contribution >= 4 is 11.8 Å². The molecule has 2 heterocycles. The Hall–Kier alpha value is -2.37. The maximum Gasteiger partial charge on any atom is 0.305 e. The standard InChI is InChI=1S/C12H14N4O2/c1-16(8-6-12(17)18)11-5-4-10(14-15-11)9-3-2-7-13-9/h2-5,7,13H,6,8H2,1H3,(H,17,18). The molecule has 0 saturated carbocycles. The first-order chi connectivity index (χ1) is 8.66. The number of nitrogens with one attached hydrogen (secondary N) is 1. The van der Waals surface area contributed by atoms with Crippen LogP contribution in [0.25, 0.3) is 11.4 Å². The normalized spacial score (nSPS) is 10.3. The summed E-state index contributed by atoms with van der Waals surface area (Å²) in [4.78, 5) is 15.3. The van der Waals surface area contributed by atoms with Gasteiger partial charge in [-0.05, 0) is 24.3 Å². The Balaban J connectivity index is 2.05. The van der Waals surface area contributed by atoms with E-state index in [1.807, 2.05) is 30.5 Å². The van der Waals surface area contributed by atoms with Gasteiger partial charge in [0.2, 0.25) is 0 Å². The minimum Gasteiger partial charge on any atom is -0.481 e. The van der Waals surface area contributed by atoms with Gasteiger partial charge in [-0.2, -0.15) is 0 Å². The molecule has 0 aliphatic rings. The molecule has 0 unspecified atom stereocenters. The molecule has 6 heteroatoms. The van der Waals surface area contributed by atoms with Crippen LogP contribution in [0, 0.1) is 0 Å². The van der Waals surface area contributed by atoms with Gasteiger partial charge in [-0.3, -0.25) is 4.79 Å². The molecule has 94 valence electrons. The Morgan fingerprint density at radius 1 is 1.39 bits per heavy atom. The number of aliphatic carboxylic acids is 1. The van der Waals surface area contributed by atoms with Crippen molar-refractivity contribution in [2.75, 3.05) is 18.5 Å². The van der Waals surface area contributed by atoms with Crippen LogP contribution in [0.15, 0.2) is 30.5 Å². The van der Waals surface area contributed by atoms with E-state index in [2.05, 4.69) is 15.2 Å². The largest absolute Gasteiger partial charge is 0.481 e. The molecule has 18 heavy (non-hydrogen) atoms. The van der Waals surface area contributed by atoms with Crippen molar-refractivity contribution in [3.63, 3.8) is 0 Å². The van der Waals surface area contributed by atoms with Gasteiger partial charge in [0.05, 0.1) is 12.1 Å². The number of aromatic nitrogens is 3. The van der Waals surface area contributed by atoms with Crippen molar-refractivity contribution in [3.8, 4) is 11.4 Å². The molecule has 2 aromatic heterocycles. The van der Waals surface area contributed by atoms with E-state index in [4.69, 9.17) is 5.11 Å². The Bertz CT molecular complexity index is 507. The minimum absolute atomic E-state index is 0.0799. The zero-order valence-electron chi connectivity index (χ0n) is 10.00. The highest BCUT2D eigenvalue weighted by Crippen LogP contribution is 2.15. The van der Waals surface area contributed by atoms with E-state index < -0.39 is 5.97 Å². The van der Waals surface area contributed by atoms with Gasteiger partial charge in [-0.15, -0.1) is 10.2 Å². The topological polar surface area (TPSA) is 82.1 Å². The predicted molar refractivity (Wildman–Crippen MR) is 67.3 cm³/mol. The van der Waals surface area contributed by atoms with Crippen molar-refractivity contribution in [1.29, 1.82) is 0 Å². The minimum atomic E-state index is -0.821. The average Bonchev–Trinajstić information content (AvgIpc) is 2.90. The fourth-order valence-corrected chi connectivity index (χ4v) is 1.54. The van der Waals surface area contributed by atoms with Crippen molar-refractivity contribution in [3.05, 3.63) is 30.5 Å². The molecular weight excluding hydrogens is 232 g/mol. The third kappa shape index (κ3) is 2.85. The van der Waals surface area contributed by atoms with Crippen LogP contribution >= 0.6 is 0 Å². The number of carboxylic acid groups (broad SMARTS) is 1. The molecule has 0 aliphatic heterocycles. The molecule has 0 aromatic carbocycles. The Kier molecular flexibility index (Phi) is 3.57. The van der Waals surface area contributed by atoms with Crippen LogP contribution in [0.3, 0.4) is 0 Å². The zero-order chi connectivity index (χ0) is 13.0. The number of anilines is 1. The summed E-state index contributed by atoms with van der Waals surface area (Å²) in [6.07, 6.45) is 1.90. The van der Waals surface area contributed by atoms with Gasteiger partial charge >= 0.3 is 5.97 Å². The molecule has 2 N–H and O–H groups in total. The van der Waals surface area contributed by atoms with Gasteiger partial charge in [0, 0.05) is 19.8 Å². The SMILES string of the molecule is CN(CCC(=O)O)c1ccc(-c2ccc[nH]2)nn1. The summed E-state index contributed by atoms with van der Waals surface area (Å²) < 4.78 is 0. The monoisotopic (exact) mass is 246 g/mol. The number of aromatic amines is 1. The van der Waals surface area contributed by atoms with Gasteiger partial charge in [0.25, 0.3) is 0 Å². The molecule has 0 spiro atoms. The van der Waals surface area contributed by atoms with Crippen molar-refractivity contribution < 1.29 is 9.90 Å². The van der Waals surface area contributed by atoms with E-state index in [9.17, 15) is 4.79 Å². The van der Waals surface area contributed by atoms with Crippen molar-refractivity contribution in [1.82, 2.24) is 15.2 Å². The highest BCUT2D eigenvalue weighted by molar-refractivity contribution is 5.67. The first-order valence-electron chi connectivity index (χ1n) is 5.57. The summed E-state index contributed by atoms with van der Waals surface area (Å²) in [5.41, 5.74) is 1.66. The maximum atomic E-state index is 10.5. The third-order valence-corrected chi connectivity index (χ3v) is 2.58. The van der Waals surface area contributed by atoms with Gasteiger partial charge in [-0.1, -0.05) is 0 Å². The molecular formula is C12H14N4O2. The summed E-state index contributed by atoms with van der Waals surface area (Å²) in [6, 6.07) is 7.48. The molecule has 0 radical (unpaired) electrons. The van der Waals surface area contributed by atoms with Crippen LogP contribution < -0.4 is 4.90 Å². The first kappa shape index (κ1) is 12.1. The van der Waals surface area contributed by atoms with E-state index in [1.165, 1.54) is 0 Å². The molecule has 0 aliphatic carbocycles. The third-order valence-electron chi connectivity index (χ3n) is 2.58. The lowest BCUT2D eigenvalue weighted by Gasteiger charge is -2.16. The fraction of sp³-hybridized carbons (Fsp3) is 0.250. The van der Waals surface area contributed by atoms with Crippen LogP contribution in [0.1, 0.15) is 6.42 Å². The second-order valence-corrected chi connectivity index (χ2v) is 3.93. The second kappa shape index (κ2) is 5.31. The summed E-state index contributed by atoms with van der Waals surface area (Å²) in [6.45, 7) is 0.409. The number of carboxylic acids is 1. The molecule has 0 saturated heterocycles. The highest BCUT2D eigenvalue weighted by atomic mass is 16.4. The fourth-order valence-electron chi connectivity index (χ4n) is 1.54. The van der Waals surface area contributed by atoms with E-state index in [0.29, 0.717) is 12.4 Å². The van der Waals surface area contributed by atoms with Gasteiger partial charge in [0.15, 0.2) is 5.82 Å². The second-order valence-electron chi connectivity index (χ2n) is 3.93. The van der Waals surface area contributed by atoms with Crippen LogP contribution in [0.5, 0.6) is 0 Å². The quantitative estimate of drug-likeness (QED) is 0.833. The number of rotatable bonds is 5. The van der Waals surface area contributed by atoms with E-state index in [0.717, 1.165) is 11.4 Å². The number of hydrogen-bond donors (Lipinski definition) is 2. The smallest absolute Gasteiger partial charge is 0.305 e. The molecule has 0 amide bonds. The predicted octanol–water partition coefficient (Wildman–Crippen LogP) is 1.38. The van der Waals surface area contributed by atoms with E-state index in [-0.39, 0.29) is 6.42 Å². The number of nitrogens with zero attached hydrogens (tertiary/aromatic N) is 3. The molecule has 2 aromatic rings. The zero-order valence-corrected chi connectivity index (χ0v) is 10.00. The number of H-pyrrole nitrogens is 1. The van der Waals surface area contributed by atoms with E-state index in [1.54, 1.807) is 11.9 Å². The van der Waals surface area contributed by atoms with Gasteiger partial charge in [-0.25, -0.2) is 0 Å². The van der Waals surface area contributed by atoms with Crippen molar-refractivity contribution in [2.45, 2.75) is 6.42 Å². The van der Waals surface area contributed by atoms with Crippen molar-refractivity contribution in [2.24, 2.45) is 0 Å². The summed E-state index contributed by atoms with van der Waals surface area (Å²) in [7, 11) is 1.79. The Morgan fingerprint density at radius 2 is 2.22 bits per heavy atom. The van der Waals surface area contributed by atoms with E-state index >= 15 is 0 Å². The summed E-state index contributed by atoms with van der Waals surface area (Å²) in [5, 5.41) is 16.8. The summed E-state index contributed by atoms with van der Waals surface area (Å²) in [5.74, 6) is -0.163. The van der Waals surface area contributed by atoms with Crippen LogP contribution in [0.4, 0.5) is 5.82 Å². The first-order valence-corrected chi connectivity index (χ1v) is 5.57. The molecule has 0 fully saturated rings. The Labute approximate surface area is 104 Å².